The van der Waals surface area contributed by atoms with Crippen molar-refractivity contribution in [3.8, 4) is 16.2 Å². The molecule has 0 bridgehead atoms. The highest BCUT2D eigenvalue weighted by atomic mass is 32.1. The van der Waals surface area contributed by atoms with Gasteiger partial charge in [-0.15, -0.1) is 11.3 Å². The molecule has 7 heteroatoms. The fraction of sp³-hybridized carbons (Fsp3) is 0.214. The summed E-state index contributed by atoms with van der Waals surface area (Å²) in [5.74, 6) is 0.411. The lowest BCUT2D eigenvalue weighted by atomic mass is 10.0. The van der Waals surface area contributed by atoms with Crippen LogP contribution in [0.25, 0.3) is 10.4 Å². The quantitative estimate of drug-likeness (QED) is 0.368. The second-order valence-electron chi connectivity index (χ2n) is 8.50. The molecule has 1 saturated heterocycles. The van der Waals surface area contributed by atoms with Crippen LogP contribution >= 0.6 is 11.3 Å². The predicted molar refractivity (Wildman–Crippen MR) is 136 cm³/mol. The molecule has 0 radical (unpaired) electrons. The first kappa shape index (κ1) is 22.9. The van der Waals surface area contributed by atoms with Gasteiger partial charge in [-0.05, 0) is 36.1 Å². The molecule has 4 aromatic rings. The van der Waals surface area contributed by atoms with E-state index >= 15 is 0 Å². The fourth-order valence-corrected chi connectivity index (χ4v) is 5.18. The standard InChI is InChI=1S/C28H26N2O4S/c31-27(29-23-11-14-30(15-12-23)28(32)22-13-16-33-19-22)26-24(34-18-20-7-3-1-4-8-20)17-25(35-26)21-9-5-2-6-10-21/h1-10,13,16-17,19,23H,11-12,14-15,18H2,(H,29,31). The van der Waals surface area contributed by atoms with Gasteiger partial charge in [0, 0.05) is 24.0 Å². The Morgan fingerprint density at radius 2 is 1.71 bits per heavy atom. The smallest absolute Gasteiger partial charge is 0.265 e. The highest BCUT2D eigenvalue weighted by Gasteiger charge is 2.27. The molecule has 5 rings (SSSR count). The Balaban J connectivity index is 1.27. The second kappa shape index (κ2) is 10.6. The third kappa shape index (κ3) is 5.46. The van der Waals surface area contributed by atoms with Gasteiger partial charge < -0.3 is 19.4 Å². The Kier molecular flexibility index (Phi) is 6.95. The van der Waals surface area contributed by atoms with Crippen LogP contribution in [0.5, 0.6) is 5.75 Å². The number of nitrogens with zero attached hydrogens (tertiary/aromatic N) is 1. The van der Waals surface area contributed by atoms with E-state index in [4.69, 9.17) is 9.15 Å². The number of hydrogen-bond acceptors (Lipinski definition) is 5. The van der Waals surface area contributed by atoms with Crippen LogP contribution in [0, 0.1) is 0 Å². The highest BCUT2D eigenvalue weighted by molar-refractivity contribution is 7.17. The Hall–Kier alpha value is -3.84. The molecule has 2 aromatic carbocycles. The molecule has 0 saturated carbocycles. The molecule has 0 unspecified atom stereocenters. The van der Waals surface area contributed by atoms with E-state index in [9.17, 15) is 9.59 Å². The van der Waals surface area contributed by atoms with Crippen LogP contribution in [-0.4, -0.2) is 35.8 Å². The zero-order chi connectivity index (χ0) is 24.0. The van der Waals surface area contributed by atoms with Gasteiger partial charge in [-0.2, -0.15) is 0 Å². The van der Waals surface area contributed by atoms with Crippen LogP contribution in [0.3, 0.4) is 0 Å². The predicted octanol–water partition coefficient (Wildman–Crippen LogP) is 5.62. The van der Waals surface area contributed by atoms with Crippen molar-refractivity contribution in [2.24, 2.45) is 0 Å². The maximum atomic E-state index is 13.3. The maximum Gasteiger partial charge on any atom is 0.265 e. The molecule has 3 heterocycles. The first-order valence-electron chi connectivity index (χ1n) is 11.7. The Morgan fingerprint density at radius 3 is 2.40 bits per heavy atom. The van der Waals surface area contributed by atoms with Gasteiger partial charge in [-0.1, -0.05) is 60.7 Å². The second-order valence-corrected chi connectivity index (χ2v) is 9.55. The van der Waals surface area contributed by atoms with E-state index in [-0.39, 0.29) is 17.9 Å². The van der Waals surface area contributed by atoms with Crippen molar-refractivity contribution >= 4 is 23.2 Å². The van der Waals surface area contributed by atoms with Crippen molar-refractivity contribution in [3.63, 3.8) is 0 Å². The number of rotatable bonds is 7. The van der Waals surface area contributed by atoms with E-state index in [0.717, 1.165) is 16.0 Å². The van der Waals surface area contributed by atoms with Gasteiger partial charge in [0.2, 0.25) is 0 Å². The largest absolute Gasteiger partial charge is 0.487 e. The van der Waals surface area contributed by atoms with Crippen LogP contribution in [0.2, 0.25) is 0 Å². The monoisotopic (exact) mass is 486 g/mol. The lowest BCUT2D eigenvalue weighted by Crippen LogP contribution is -2.46. The number of benzene rings is 2. The minimum absolute atomic E-state index is 0.000137. The first-order chi connectivity index (χ1) is 17.2. The molecule has 178 valence electrons. The SMILES string of the molecule is O=C(NC1CCN(C(=O)c2ccoc2)CC1)c1sc(-c2ccccc2)cc1OCc1ccccc1. The topological polar surface area (TPSA) is 71.8 Å². The first-order valence-corrected chi connectivity index (χ1v) is 12.5. The number of furan rings is 1. The van der Waals surface area contributed by atoms with E-state index in [1.165, 1.54) is 23.9 Å². The number of amides is 2. The molecule has 0 atom stereocenters. The molecule has 0 spiro atoms. The number of likely N-dealkylation sites (tertiary alicyclic amines) is 1. The molecular weight excluding hydrogens is 460 g/mol. The summed E-state index contributed by atoms with van der Waals surface area (Å²) in [6.45, 7) is 1.57. The molecule has 2 amide bonds. The van der Waals surface area contributed by atoms with Crippen molar-refractivity contribution in [2.75, 3.05) is 13.1 Å². The Morgan fingerprint density at radius 1 is 1.00 bits per heavy atom. The number of carbonyl (C=O) groups is 2. The third-order valence-electron chi connectivity index (χ3n) is 6.09. The molecular formula is C28H26N2O4S. The van der Waals surface area contributed by atoms with E-state index in [1.807, 2.05) is 66.7 Å². The highest BCUT2D eigenvalue weighted by Crippen LogP contribution is 2.37. The number of piperidine rings is 1. The summed E-state index contributed by atoms with van der Waals surface area (Å²) in [5, 5.41) is 3.17. The maximum absolute atomic E-state index is 13.3. The Bertz CT molecular complexity index is 1260. The lowest BCUT2D eigenvalue weighted by Gasteiger charge is -2.32. The zero-order valence-corrected chi connectivity index (χ0v) is 20.0. The van der Waals surface area contributed by atoms with Crippen molar-refractivity contribution in [2.45, 2.75) is 25.5 Å². The molecule has 6 nitrogen and oxygen atoms in total. The molecule has 1 aliphatic heterocycles. The van der Waals surface area contributed by atoms with Gasteiger partial charge in [0.05, 0.1) is 11.8 Å². The number of nitrogens with one attached hydrogen (secondary N) is 1. The van der Waals surface area contributed by atoms with Crippen molar-refractivity contribution in [1.29, 1.82) is 0 Å². The number of hydrogen-bond donors (Lipinski definition) is 1. The van der Waals surface area contributed by atoms with Crippen LogP contribution < -0.4 is 10.1 Å². The molecule has 1 aliphatic rings. The third-order valence-corrected chi connectivity index (χ3v) is 7.25. The van der Waals surface area contributed by atoms with Crippen molar-refractivity contribution < 1.29 is 18.7 Å². The summed E-state index contributed by atoms with van der Waals surface area (Å²) in [4.78, 5) is 29.2. The van der Waals surface area contributed by atoms with E-state index < -0.39 is 0 Å². The fourth-order valence-electron chi connectivity index (χ4n) is 4.17. The van der Waals surface area contributed by atoms with Gasteiger partial charge >= 0.3 is 0 Å². The van der Waals surface area contributed by atoms with Gasteiger partial charge in [-0.25, -0.2) is 0 Å². The van der Waals surface area contributed by atoms with Crippen LogP contribution in [-0.2, 0) is 6.61 Å². The van der Waals surface area contributed by atoms with Crippen molar-refractivity contribution in [3.05, 3.63) is 101 Å². The van der Waals surface area contributed by atoms with E-state index in [2.05, 4.69) is 5.32 Å². The molecule has 1 fully saturated rings. The summed E-state index contributed by atoms with van der Waals surface area (Å²) in [7, 11) is 0. The number of carbonyl (C=O) groups excluding carboxylic acids is 2. The zero-order valence-electron chi connectivity index (χ0n) is 19.2. The molecule has 2 aromatic heterocycles. The van der Waals surface area contributed by atoms with Gasteiger partial charge in [0.25, 0.3) is 11.8 Å². The summed E-state index contributed by atoms with van der Waals surface area (Å²) in [6, 6.07) is 23.5. The van der Waals surface area contributed by atoms with Crippen LogP contribution in [0.15, 0.2) is 89.7 Å². The van der Waals surface area contributed by atoms with E-state index in [0.29, 0.717) is 48.7 Å². The molecule has 35 heavy (non-hydrogen) atoms. The minimum Gasteiger partial charge on any atom is -0.487 e. The minimum atomic E-state index is -0.139. The number of thiophene rings is 1. The van der Waals surface area contributed by atoms with Gasteiger partial charge in [0.1, 0.15) is 23.5 Å². The number of ether oxygens (including phenoxy) is 1. The summed E-state index contributed by atoms with van der Waals surface area (Å²) in [6.07, 6.45) is 4.37. The summed E-state index contributed by atoms with van der Waals surface area (Å²) >= 11 is 1.44. The van der Waals surface area contributed by atoms with Crippen LogP contribution in [0.4, 0.5) is 0 Å². The Labute approximate surface area is 208 Å². The molecule has 1 N–H and O–H groups in total. The van der Waals surface area contributed by atoms with E-state index in [1.54, 1.807) is 11.0 Å². The average molecular weight is 487 g/mol. The van der Waals surface area contributed by atoms with Gasteiger partial charge in [-0.3, -0.25) is 9.59 Å². The lowest BCUT2D eigenvalue weighted by molar-refractivity contribution is 0.0697. The van der Waals surface area contributed by atoms with Crippen molar-refractivity contribution in [1.82, 2.24) is 10.2 Å². The summed E-state index contributed by atoms with van der Waals surface area (Å²) in [5.41, 5.74) is 2.65. The molecule has 0 aliphatic carbocycles. The van der Waals surface area contributed by atoms with Gasteiger partial charge in [0.15, 0.2) is 0 Å². The summed E-state index contributed by atoms with van der Waals surface area (Å²) < 4.78 is 11.1. The average Bonchev–Trinajstić information content (AvgIpc) is 3.59. The van der Waals surface area contributed by atoms with Crippen LogP contribution in [0.1, 0.15) is 38.4 Å². The normalized spacial score (nSPS) is 14.0.